The van der Waals surface area contributed by atoms with Crippen LogP contribution in [0, 0.1) is 0 Å². The van der Waals surface area contributed by atoms with Crippen molar-refractivity contribution in [3.05, 3.63) is 65.2 Å². The zero-order valence-electron chi connectivity index (χ0n) is 18.6. The van der Waals surface area contributed by atoms with Crippen LogP contribution in [0.25, 0.3) is 5.76 Å². The van der Waals surface area contributed by atoms with Gasteiger partial charge in [-0.25, -0.2) is 0 Å². The van der Waals surface area contributed by atoms with E-state index in [0.29, 0.717) is 43.1 Å². The summed E-state index contributed by atoms with van der Waals surface area (Å²) in [6, 6.07) is 12.3. The zero-order valence-corrected chi connectivity index (χ0v) is 18.6. The fraction of sp³-hybridized carbons (Fsp3) is 0.360. The maximum Gasteiger partial charge on any atom is 0.295 e. The van der Waals surface area contributed by atoms with E-state index in [0.717, 1.165) is 19.6 Å². The van der Waals surface area contributed by atoms with Gasteiger partial charge in [0.2, 0.25) is 0 Å². The van der Waals surface area contributed by atoms with E-state index in [1.807, 2.05) is 0 Å². The molecule has 8 nitrogen and oxygen atoms in total. The lowest BCUT2D eigenvalue weighted by molar-refractivity contribution is -0.140. The van der Waals surface area contributed by atoms with Crippen molar-refractivity contribution in [2.45, 2.75) is 12.5 Å². The molecule has 2 aliphatic rings. The molecule has 2 N–H and O–H groups in total. The molecule has 2 fully saturated rings. The molecule has 2 saturated heterocycles. The summed E-state index contributed by atoms with van der Waals surface area (Å²) in [5.74, 6) is -0.883. The Morgan fingerprint density at radius 3 is 2.33 bits per heavy atom. The molecule has 1 amide bonds. The zero-order chi connectivity index (χ0) is 23.4. The smallest absolute Gasteiger partial charge is 0.295 e. The number of phenols is 1. The number of likely N-dealkylation sites (tertiary alicyclic amines) is 1. The number of aliphatic hydroxyl groups is 1. The summed E-state index contributed by atoms with van der Waals surface area (Å²) in [4.78, 5) is 29.9. The maximum absolute atomic E-state index is 13.1. The summed E-state index contributed by atoms with van der Waals surface area (Å²) in [6.07, 6.45) is 0.685. The largest absolute Gasteiger partial charge is 0.508 e. The lowest BCUT2D eigenvalue weighted by atomic mass is 9.95. The number of aromatic hydroxyl groups is 1. The van der Waals surface area contributed by atoms with Gasteiger partial charge in [-0.05, 0) is 48.4 Å². The van der Waals surface area contributed by atoms with E-state index in [2.05, 4.69) is 4.90 Å². The minimum Gasteiger partial charge on any atom is -0.508 e. The highest BCUT2D eigenvalue weighted by Crippen LogP contribution is 2.40. The van der Waals surface area contributed by atoms with Crippen molar-refractivity contribution in [2.75, 3.05) is 46.5 Å². The number of rotatable bonds is 7. The van der Waals surface area contributed by atoms with E-state index in [4.69, 9.17) is 9.47 Å². The summed E-state index contributed by atoms with van der Waals surface area (Å²) in [5, 5.41) is 20.8. The lowest BCUT2D eigenvalue weighted by Crippen LogP contribution is -2.38. The van der Waals surface area contributed by atoms with Crippen LogP contribution in [0.2, 0.25) is 0 Å². The summed E-state index contributed by atoms with van der Waals surface area (Å²) in [7, 11) is 1.54. The molecule has 0 saturated carbocycles. The molecule has 1 atom stereocenters. The van der Waals surface area contributed by atoms with Gasteiger partial charge in [0, 0.05) is 31.7 Å². The van der Waals surface area contributed by atoms with Crippen molar-refractivity contribution in [2.24, 2.45) is 0 Å². The van der Waals surface area contributed by atoms with E-state index < -0.39 is 17.7 Å². The van der Waals surface area contributed by atoms with E-state index in [1.165, 1.54) is 17.0 Å². The average Bonchev–Trinajstić information content (AvgIpc) is 3.10. The van der Waals surface area contributed by atoms with Crippen LogP contribution in [0.4, 0.5) is 0 Å². The molecule has 174 valence electrons. The first-order valence-electron chi connectivity index (χ1n) is 11.0. The van der Waals surface area contributed by atoms with Crippen LogP contribution in [0.3, 0.4) is 0 Å². The van der Waals surface area contributed by atoms with Gasteiger partial charge in [0.1, 0.15) is 17.3 Å². The number of ether oxygens (including phenoxy) is 2. The molecule has 2 heterocycles. The number of hydrogen-bond acceptors (Lipinski definition) is 7. The Balaban J connectivity index is 1.65. The Kier molecular flexibility index (Phi) is 6.96. The molecule has 33 heavy (non-hydrogen) atoms. The summed E-state index contributed by atoms with van der Waals surface area (Å²) >= 11 is 0. The topological polar surface area (TPSA) is 99.5 Å². The monoisotopic (exact) mass is 452 g/mol. The van der Waals surface area contributed by atoms with Crippen molar-refractivity contribution in [1.82, 2.24) is 9.80 Å². The van der Waals surface area contributed by atoms with Crippen LogP contribution < -0.4 is 4.74 Å². The summed E-state index contributed by atoms with van der Waals surface area (Å²) in [5.41, 5.74) is 1.11. The third kappa shape index (κ3) is 4.86. The number of phenolic OH excluding ortho intramolecular Hbond substituents is 1. The maximum atomic E-state index is 13.1. The molecular weight excluding hydrogens is 424 g/mol. The highest BCUT2D eigenvalue weighted by Gasteiger charge is 2.45. The number of carbonyl (C=O) groups is 2. The summed E-state index contributed by atoms with van der Waals surface area (Å²) in [6.45, 7) is 4.23. The van der Waals surface area contributed by atoms with Gasteiger partial charge < -0.3 is 24.6 Å². The van der Waals surface area contributed by atoms with Crippen molar-refractivity contribution >= 4 is 17.4 Å². The van der Waals surface area contributed by atoms with Crippen molar-refractivity contribution in [3.63, 3.8) is 0 Å². The number of amides is 1. The number of hydrogen-bond donors (Lipinski definition) is 2. The molecule has 2 aromatic rings. The Morgan fingerprint density at radius 1 is 1.03 bits per heavy atom. The van der Waals surface area contributed by atoms with Crippen LogP contribution in [0.15, 0.2) is 54.1 Å². The molecular formula is C25H28N2O6. The predicted octanol–water partition coefficient (Wildman–Crippen LogP) is 2.54. The van der Waals surface area contributed by atoms with E-state index in [9.17, 15) is 19.8 Å². The fourth-order valence-electron chi connectivity index (χ4n) is 4.31. The van der Waals surface area contributed by atoms with Gasteiger partial charge in [-0.15, -0.1) is 0 Å². The first-order valence-corrected chi connectivity index (χ1v) is 11.0. The second-order valence-electron chi connectivity index (χ2n) is 8.12. The van der Waals surface area contributed by atoms with Gasteiger partial charge in [-0.2, -0.15) is 0 Å². The molecule has 0 aliphatic carbocycles. The number of carbonyl (C=O) groups excluding carboxylic acids is 2. The van der Waals surface area contributed by atoms with Crippen molar-refractivity contribution in [3.8, 4) is 11.5 Å². The van der Waals surface area contributed by atoms with E-state index in [-0.39, 0.29) is 17.1 Å². The van der Waals surface area contributed by atoms with Gasteiger partial charge in [0.05, 0.1) is 31.9 Å². The Hall–Kier alpha value is -3.36. The predicted molar refractivity (Wildman–Crippen MR) is 122 cm³/mol. The molecule has 0 radical (unpaired) electrons. The molecule has 0 spiro atoms. The highest BCUT2D eigenvalue weighted by atomic mass is 16.5. The molecule has 0 aromatic heterocycles. The number of Topliss-reactive ketones (excluding diaryl/α,β-unsaturated/α-hetero) is 1. The third-order valence-corrected chi connectivity index (χ3v) is 6.09. The average molecular weight is 453 g/mol. The Morgan fingerprint density at radius 2 is 1.70 bits per heavy atom. The number of morpholine rings is 1. The minimum absolute atomic E-state index is 0.0437. The van der Waals surface area contributed by atoms with Gasteiger partial charge in [-0.1, -0.05) is 12.1 Å². The van der Waals surface area contributed by atoms with Crippen LogP contribution in [0.1, 0.15) is 23.6 Å². The third-order valence-electron chi connectivity index (χ3n) is 6.09. The van der Waals surface area contributed by atoms with Crippen LogP contribution >= 0.6 is 0 Å². The number of ketones is 1. The van der Waals surface area contributed by atoms with Crippen LogP contribution in [-0.4, -0.2) is 78.2 Å². The summed E-state index contributed by atoms with van der Waals surface area (Å²) < 4.78 is 10.5. The van der Waals surface area contributed by atoms with Gasteiger partial charge >= 0.3 is 0 Å². The molecule has 2 aliphatic heterocycles. The molecule has 4 rings (SSSR count). The van der Waals surface area contributed by atoms with Gasteiger partial charge in [0.15, 0.2) is 0 Å². The molecule has 0 bridgehead atoms. The van der Waals surface area contributed by atoms with Crippen molar-refractivity contribution < 1.29 is 29.3 Å². The molecule has 8 heteroatoms. The van der Waals surface area contributed by atoms with Crippen LogP contribution in [0.5, 0.6) is 11.5 Å². The first-order chi connectivity index (χ1) is 16.0. The second-order valence-corrected chi connectivity index (χ2v) is 8.12. The van der Waals surface area contributed by atoms with E-state index >= 15 is 0 Å². The number of methoxy groups -OCH3 is 1. The molecule has 2 aromatic carbocycles. The minimum atomic E-state index is -0.739. The van der Waals surface area contributed by atoms with Gasteiger partial charge in [0.25, 0.3) is 11.7 Å². The van der Waals surface area contributed by atoms with E-state index in [1.54, 1.807) is 43.5 Å². The van der Waals surface area contributed by atoms with Crippen molar-refractivity contribution in [1.29, 1.82) is 0 Å². The fourth-order valence-corrected chi connectivity index (χ4v) is 4.31. The Labute approximate surface area is 192 Å². The quantitative estimate of drug-likeness (QED) is 0.378. The number of benzene rings is 2. The SMILES string of the molecule is COc1ccc(C(O)=C2C(=O)C(=O)N(CCCN3CCOCC3)C2c2ccc(O)cc2)cc1. The number of aliphatic hydroxyl groups excluding tert-OH is 1. The molecule has 1 unspecified atom stereocenters. The number of nitrogens with zero attached hydrogens (tertiary/aromatic N) is 2. The highest BCUT2D eigenvalue weighted by molar-refractivity contribution is 6.46. The standard InChI is InChI=1S/C25H28N2O6/c1-32-20-9-5-18(6-10-20)23(29)21-22(17-3-7-19(28)8-4-17)27(25(31)24(21)30)12-2-11-26-13-15-33-16-14-26/h3-10,22,28-29H,2,11-16H2,1H3. The second kappa shape index (κ2) is 10.1. The lowest BCUT2D eigenvalue weighted by Gasteiger charge is -2.29. The van der Waals surface area contributed by atoms with Crippen LogP contribution in [-0.2, 0) is 14.3 Å². The van der Waals surface area contributed by atoms with Gasteiger partial charge in [-0.3, -0.25) is 14.5 Å². The normalized spacial score (nSPS) is 20.9. The first kappa shape index (κ1) is 22.8. The Bertz CT molecular complexity index is 1030.